The summed E-state index contributed by atoms with van der Waals surface area (Å²) in [7, 11) is 0. The second-order valence-corrected chi connectivity index (χ2v) is 6.83. The van der Waals surface area contributed by atoms with Gasteiger partial charge in [0.15, 0.2) is 0 Å². The molecule has 1 N–H and O–H groups in total. The number of nitrogens with zero attached hydrogens (tertiary/aromatic N) is 2. The average Bonchev–Trinajstić information content (AvgIpc) is 2.58. The number of rotatable bonds is 7. The summed E-state index contributed by atoms with van der Waals surface area (Å²) in [5, 5.41) is 3.06. The van der Waals surface area contributed by atoms with Crippen LogP contribution in [0.25, 0.3) is 0 Å². The second-order valence-electron chi connectivity index (χ2n) is 6.83. The van der Waals surface area contributed by atoms with Crippen LogP contribution in [0.15, 0.2) is 30.3 Å². The summed E-state index contributed by atoms with van der Waals surface area (Å²) in [4.78, 5) is 16.6. The van der Waals surface area contributed by atoms with E-state index in [0.717, 1.165) is 58.0 Å². The molecule has 23 heavy (non-hydrogen) atoms. The maximum absolute atomic E-state index is 12.2. The fourth-order valence-corrected chi connectivity index (χ4v) is 2.86. The third-order valence-corrected chi connectivity index (χ3v) is 4.44. The lowest BCUT2D eigenvalue weighted by Crippen LogP contribution is -2.52. The first-order valence-electron chi connectivity index (χ1n) is 8.94. The van der Waals surface area contributed by atoms with Crippen molar-refractivity contribution in [1.29, 1.82) is 0 Å². The summed E-state index contributed by atoms with van der Waals surface area (Å²) < 4.78 is 0. The molecule has 1 aromatic carbocycles. The Hall–Kier alpha value is -1.55. The molecule has 0 bridgehead atoms. The van der Waals surface area contributed by atoms with Gasteiger partial charge in [-0.05, 0) is 37.3 Å². The molecular formula is C19H31N3O. The van der Waals surface area contributed by atoms with Crippen LogP contribution in [-0.4, -0.2) is 55.1 Å². The summed E-state index contributed by atoms with van der Waals surface area (Å²) in [5.41, 5.74) is 1.33. The largest absolute Gasteiger partial charge is 0.338 e. The van der Waals surface area contributed by atoms with Gasteiger partial charge >= 0.3 is 6.03 Å². The van der Waals surface area contributed by atoms with Crippen LogP contribution in [0.2, 0.25) is 0 Å². The highest BCUT2D eigenvalue weighted by atomic mass is 16.2. The Morgan fingerprint density at radius 2 is 1.83 bits per heavy atom. The SMILES string of the molecule is CC(C)CCN1CCN(C(=O)NCCCc2ccccc2)CC1. The first-order chi connectivity index (χ1) is 11.1. The Morgan fingerprint density at radius 3 is 2.48 bits per heavy atom. The third kappa shape index (κ3) is 6.61. The van der Waals surface area contributed by atoms with Crippen LogP contribution in [0.4, 0.5) is 4.79 Å². The van der Waals surface area contributed by atoms with E-state index in [1.165, 1.54) is 12.0 Å². The molecule has 0 aromatic heterocycles. The number of carbonyl (C=O) groups is 1. The minimum atomic E-state index is 0.0987. The van der Waals surface area contributed by atoms with Crippen LogP contribution in [-0.2, 0) is 6.42 Å². The fraction of sp³-hybridized carbons (Fsp3) is 0.632. The predicted molar refractivity (Wildman–Crippen MR) is 95.6 cm³/mol. The van der Waals surface area contributed by atoms with Crippen LogP contribution in [0.5, 0.6) is 0 Å². The zero-order valence-corrected chi connectivity index (χ0v) is 14.6. The Bertz CT molecular complexity index is 453. The molecule has 1 heterocycles. The average molecular weight is 317 g/mol. The van der Waals surface area contributed by atoms with Gasteiger partial charge in [0.05, 0.1) is 0 Å². The maximum Gasteiger partial charge on any atom is 0.317 e. The van der Waals surface area contributed by atoms with Crippen LogP contribution in [0, 0.1) is 5.92 Å². The van der Waals surface area contributed by atoms with Crippen molar-refractivity contribution >= 4 is 6.03 Å². The molecule has 1 aliphatic heterocycles. The summed E-state index contributed by atoms with van der Waals surface area (Å²) >= 11 is 0. The van der Waals surface area contributed by atoms with Gasteiger partial charge in [-0.15, -0.1) is 0 Å². The molecule has 0 saturated carbocycles. The van der Waals surface area contributed by atoms with E-state index < -0.39 is 0 Å². The summed E-state index contributed by atoms with van der Waals surface area (Å²) in [6.45, 7) is 10.1. The molecule has 1 fully saturated rings. The third-order valence-electron chi connectivity index (χ3n) is 4.44. The molecule has 1 saturated heterocycles. The molecule has 2 rings (SSSR count). The minimum Gasteiger partial charge on any atom is -0.338 e. The van der Waals surface area contributed by atoms with Gasteiger partial charge in [0.25, 0.3) is 0 Å². The van der Waals surface area contributed by atoms with E-state index in [-0.39, 0.29) is 6.03 Å². The highest BCUT2D eigenvalue weighted by molar-refractivity contribution is 5.74. The maximum atomic E-state index is 12.2. The van der Waals surface area contributed by atoms with Crippen molar-refractivity contribution < 1.29 is 4.79 Å². The molecule has 0 unspecified atom stereocenters. The van der Waals surface area contributed by atoms with Gasteiger partial charge < -0.3 is 10.2 Å². The van der Waals surface area contributed by atoms with Gasteiger partial charge in [0.1, 0.15) is 0 Å². The molecule has 0 aliphatic carbocycles. The Kier molecular flexibility index (Phi) is 7.40. The molecule has 128 valence electrons. The smallest absolute Gasteiger partial charge is 0.317 e. The summed E-state index contributed by atoms with van der Waals surface area (Å²) in [6.07, 6.45) is 3.25. The number of aryl methyl sites for hydroxylation is 1. The Morgan fingerprint density at radius 1 is 1.13 bits per heavy atom. The minimum absolute atomic E-state index is 0.0987. The van der Waals surface area contributed by atoms with Gasteiger partial charge in [0, 0.05) is 32.7 Å². The van der Waals surface area contributed by atoms with Crippen molar-refractivity contribution in [1.82, 2.24) is 15.1 Å². The fourth-order valence-electron chi connectivity index (χ4n) is 2.86. The van der Waals surface area contributed by atoms with Crippen molar-refractivity contribution in [2.24, 2.45) is 5.92 Å². The van der Waals surface area contributed by atoms with Crippen molar-refractivity contribution in [2.75, 3.05) is 39.3 Å². The van der Waals surface area contributed by atoms with Gasteiger partial charge in [0.2, 0.25) is 0 Å². The predicted octanol–water partition coefficient (Wildman–Crippen LogP) is 2.99. The number of piperazine rings is 1. The van der Waals surface area contributed by atoms with Crippen molar-refractivity contribution in [3.63, 3.8) is 0 Å². The zero-order valence-electron chi connectivity index (χ0n) is 14.6. The van der Waals surface area contributed by atoms with E-state index in [0.29, 0.717) is 0 Å². The van der Waals surface area contributed by atoms with Crippen molar-refractivity contribution in [3.8, 4) is 0 Å². The number of nitrogens with one attached hydrogen (secondary N) is 1. The summed E-state index contributed by atoms with van der Waals surface area (Å²) in [5.74, 6) is 0.751. The first-order valence-corrected chi connectivity index (χ1v) is 8.94. The molecule has 1 aromatic rings. The van der Waals surface area contributed by atoms with Crippen molar-refractivity contribution in [2.45, 2.75) is 33.1 Å². The number of amides is 2. The summed E-state index contributed by atoms with van der Waals surface area (Å²) in [6, 6.07) is 10.5. The molecular weight excluding hydrogens is 286 g/mol. The van der Waals surface area contributed by atoms with Crippen LogP contribution < -0.4 is 5.32 Å². The van der Waals surface area contributed by atoms with Gasteiger partial charge in [-0.1, -0.05) is 44.2 Å². The molecule has 4 heteroatoms. The number of carbonyl (C=O) groups excluding carboxylic acids is 1. The van der Waals surface area contributed by atoms with E-state index in [1.54, 1.807) is 0 Å². The number of hydrogen-bond acceptors (Lipinski definition) is 2. The Labute approximate surface area is 140 Å². The van der Waals surface area contributed by atoms with Gasteiger partial charge in [-0.25, -0.2) is 4.79 Å². The molecule has 4 nitrogen and oxygen atoms in total. The lowest BCUT2D eigenvalue weighted by Gasteiger charge is -2.35. The number of benzene rings is 1. The molecule has 0 atom stereocenters. The lowest BCUT2D eigenvalue weighted by molar-refractivity contribution is 0.136. The Balaban J connectivity index is 1.58. The first kappa shape index (κ1) is 17.8. The normalized spacial score (nSPS) is 15.9. The van der Waals surface area contributed by atoms with E-state index in [1.807, 2.05) is 11.0 Å². The van der Waals surface area contributed by atoms with Gasteiger partial charge in [-0.3, -0.25) is 4.90 Å². The van der Waals surface area contributed by atoms with E-state index >= 15 is 0 Å². The molecule has 0 radical (unpaired) electrons. The van der Waals surface area contributed by atoms with E-state index in [4.69, 9.17) is 0 Å². The van der Waals surface area contributed by atoms with Crippen LogP contribution in [0.3, 0.4) is 0 Å². The van der Waals surface area contributed by atoms with Gasteiger partial charge in [-0.2, -0.15) is 0 Å². The van der Waals surface area contributed by atoms with Crippen molar-refractivity contribution in [3.05, 3.63) is 35.9 Å². The second kappa shape index (κ2) is 9.56. The molecule has 2 amide bonds. The lowest BCUT2D eigenvalue weighted by atomic mass is 10.1. The number of urea groups is 1. The van der Waals surface area contributed by atoms with Crippen LogP contribution >= 0.6 is 0 Å². The van der Waals surface area contributed by atoms with E-state index in [9.17, 15) is 4.79 Å². The topological polar surface area (TPSA) is 35.6 Å². The monoisotopic (exact) mass is 317 g/mol. The van der Waals surface area contributed by atoms with Crippen LogP contribution in [0.1, 0.15) is 32.3 Å². The molecule has 0 spiro atoms. The standard InChI is InChI=1S/C19H31N3O/c1-17(2)10-12-21-13-15-22(16-14-21)19(23)20-11-6-9-18-7-4-3-5-8-18/h3-5,7-8,17H,6,9-16H2,1-2H3,(H,20,23). The highest BCUT2D eigenvalue weighted by Gasteiger charge is 2.20. The quantitative estimate of drug-likeness (QED) is 0.785. The molecule has 1 aliphatic rings. The number of hydrogen-bond donors (Lipinski definition) is 1. The zero-order chi connectivity index (χ0) is 16.5. The van der Waals surface area contributed by atoms with E-state index in [2.05, 4.69) is 48.3 Å². The highest BCUT2D eigenvalue weighted by Crippen LogP contribution is 2.07.